The van der Waals surface area contributed by atoms with E-state index in [1.54, 1.807) is 18.0 Å². The van der Waals surface area contributed by atoms with Crippen LogP contribution in [0.5, 0.6) is 0 Å². The number of carbonyl (C=O) groups excluding carboxylic acids is 1. The van der Waals surface area contributed by atoms with Gasteiger partial charge in [-0.3, -0.25) is 9.78 Å². The number of rotatable bonds is 6. The van der Waals surface area contributed by atoms with Gasteiger partial charge in [-0.2, -0.15) is 0 Å². The van der Waals surface area contributed by atoms with Gasteiger partial charge in [0.15, 0.2) is 0 Å². The second-order valence-electron chi connectivity index (χ2n) is 6.43. The minimum absolute atomic E-state index is 0.151. The molecule has 24 heavy (non-hydrogen) atoms. The highest BCUT2D eigenvalue weighted by Crippen LogP contribution is 2.27. The molecule has 1 saturated carbocycles. The van der Waals surface area contributed by atoms with E-state index in [1.165, 1.54) is 42.6 Å². The molecule has 0 aliphatic heterocycles. The number of aromatic nitrogens is 1. The lowest BCUT2D eigenvalue weighted by molar-refractivity contribution is -0.117. The molecule has 1 aromatic heterocycles. The van der Waals surface area contributed by atoms with Crippen molar-refractivity contribution in [2.45, 2.75) is 49.2 Å². The molecule has 1 aliphatic rings. The number of nitrogens with zero attached hydrogens (tertiary/aromatic N) is 1. The van der Waals surface area contributed by atoms with Crippen LogP contribution in [-0.4, -0.2) is 10.9 Å². The second-order valence-corrected chi connectivity index (χ2v) is 7.48. The molecule has 1 aliphatic carbocycles. The number of pyridine rings is 1. The monoisotopic (exact) mass is 340 g/mol. The first-order chi connectivity index (χ1) is 11.8. The standard InChI is InChI=1S/C20H24N2OS/c23-20(13-16-5-2-1-3-6-16)22-18-8-10-19(11-9-18)24-15-17-7-4-12-21-14-17/h4,7-12,14,16H,1-3,5-6,13,15H2,(H,22,23). The average Bonchev–Trinajstić information content (AvgIpc) is 2.63. The molecular formula is C20H24N2OS. The van der Waals surface area contributed by atoms with Crippen LogP contribution in [0.25, 0.3) is 0 Å². The molecule has 126 valence electrons. The summed E-state index contributed by atoms with van der Waals surface area (Å²) in [5.74, 6) is 1.63. The van der Waals surface area contributed by atoms with Crippen LogP contribution in [0.1, 0.15) is 44.1 Å². The fourth-order valence-electron chi connectivity index (χ4n) is 3.15. The first-order valence-corrected chi connectivity index (χ1v) is 9.70. The van der Waals surface area contributed by atoms with Crippen molar-refractivity contribution in [3.8, 4) is 0 Å². The Morgan fingerprint density at radius 1 is 1.12 bits per heavy atom. The number of hydrogen-bond donors (Lipinski definition) is 1. The molecule has 4 heteroatoms. The summed E-state index contributed by atoms with van der Waals surface area (Å²) in [5.41, 5.74) is 2.11. The van der Waals surface area contributed by atoms with E-state index >= 15 is 0 Å². The maximum absolute atomic E-state index is 12.2. The zero-order valence-electron chi connectivity index (χ0n) is 13.9. The van der Waals surface area contributed by atoms with Gasteiger partial charge in [0, 0.05) is 35.2 Å². The predicted octanol–water partition coefficient (Wildman–Crippen LogP) is 5.28. The molecule has 1 fully saturated rings. The fourth-order valence-corrected chi connectivity index (χ4v) is 3.98. The summed E-state index contributed by atoms with van der Waals surface area (Å²) in [4.78, 5) is 17.5. The van der Waals surface area contributed by atoms with Gasteiger partial charge in [-0.25, -0.2) is 0 Å². The molecule has 0 spiro atoms. The van der Waals surface area contributed by atoms with E-state index in [0.717, 1.165) is 11.4 Å². The van der Waals surface area contributed by atoms with Gasteiger partial charge in [0.25, 0.3) is 0 Å². The Kier molecular flexibility index (Phi) is 6.30. The second kappa shape index (κ2) is 8.88. The molecule has 2 aromatic rings. The fraction of sp³-hybridized carbons (Fsp3) is 0.400. The van der Waals surface area contributed by atoms with Gasteiger partial charge in [-0.15, -0.1) is 11.8 Å². The summed E-state index contributed by atoms with van der Waals surface area (Å²) in [5, 5.41) is 3.03. The Bertz CT molecular complexity index is 636. The lowest BCUT2D eigenvalue weighted by Crippen LogP contribution is -2.18. The largest absolute Gasteiger partial charge is 0.326 e. The van der Waals surface area contributed by atoms with Crippen molar-refractivity contribution in [1.82, 2.24) is 4.98 Å². The van der Waals surface area contributed by atoms with Crippen LogP contribution in [0.15, 0.2) is 53.7 Å². The predicted molar refractivity (Wildman–Crippen MR) is 100 cm³/mol. The first-order valence-electron chi connectivity index (χ1n) is 8.71. The number of thioether (sulfide) groups is 1. The molecule has 0 bridgehead atoms. The van der Waals surface area contributed by atoms with Gasteiger partial charge in [-0.05, 0) is 54.7 Å². The SMILES string of the molecule is O=C(CC1CCCCC1)Nc1ccc(SCc2cccnc2)cc1. The van der Waals surface area contributed by atoms with E-state index in [4.69, 9.17) is 0 Å². The van der Waals surface area contributed by atoms with E-state index in [2.05, 4.69) is 28.5 Å². The van der Waals surface area contributed by atoms with Crippen molar-refractivity contribution in [3.05, 3.63) is 54.4 Å². The highest BCUT2D eigenvalue weighted by molar-refractivity contribution is 7.98. The Morgan fingerprint density at radius 2 is 1.92 bits per heavy atom. The quantitative estimate of drug-likeness (QED) is 0.727. The van der Waals surface area contributed by atoms with E-state index in [0.29, 0.717) is 12.3 Å². The molecular weight excluding hydrogens is 316 g/mol. The van der Waals surface area contributed by atoms with Crippen molar-refractivity contribution in [3.63, 3.8) is 0 Å². The van der Waals surface area contributed by atoms with Gasteiger partial charge in [0.05, 0.1) is 0 Å². The van der Waals surface area contributed by atoms with Gasteiger partial charge >= 0.3 is 0 Å². The van der Waals surface area contributed by atoms with Crippen molar-refractivity contribution < 1.29 is 4.79 Å². The molecule has 1 heterocycles. The number of amides is 1. The van der Waals surface area contributed by atoms with Gasteiger partial charge < -0.3 is 5.32 Å². The summed E-state index contributed by atoms with van der Waals surface area (Å²) in [6, 6.07) is 12.2. The third-order valence-corrected chi connectivity index (χ3v) is 5.55. The maximum atomic E-state index is 12.2. The number of carbonyl (C=O) groups is 1. The third kappa shape index (κ3) is 5.38. The highest BCUT2D eigenvalue weighted by atomic mass is 32.2. The number of nitrogens with one attached hydrogen (secondary N) is 1. The van der Waals surface area contributed by atoms with Crippen LogP contribution in [-0.2, 0) is 10.5 Å². The summed E-state index contributed by atoms with van der Waals surface area (Å²) in [7, 11) is 0. The van der Waals surface area contributed by atoms with E-state index in [-0.39, 0.29) is 5.91 Å². The molecule has 3 rings (SSSR count). The van der Waals surface area contributed by atoms with Crippen LogP contribution < -0.4 is 5.32 Å². The maximum Gasteiger partial charge on any atom is 0.224 e. The van der Waals surface area contributed by atoms with Crippen LogP contribution >= 0.6 is 11.8 Å². The zero-order chi connectivity index (χ0) is 16.6. The summed E-state index contributed by atoms with van der Waals surface area (Å²) in [6.45, 7) is 0. The highest BCUT2D eigenvalue weighted by Gasteiger charge is 2.16. The Hall–Kier alpha value is -1.81. The van der Waals surface area contributed by atoms with Gasteiger partial charge in [0.1, 0.15) is 0 Å². The summed E-state index contributed by atoms with van der Waals surface area (Å²) in [6.07, 6.45) is 10.6. The van der Waals surface area contributed by atoms with Crippen molar-refractivity contribution in [2.75, 3.05) is 5.32 Å². The zero-order valence-corrected chi connectivity index (χ0v) is 14.7. The normalized spacial score (nSPS) is 15.2. The first kappa shape index (κ1) is 17.0. The number of benzene rings is 1. The smallest absolute Gasteiger partial charge is 0.224 e. The van der Waals surface area contributed by atoms with Crippen molar-refractivity contribution in [1.29, 1.82) is 0 Å². The Morgan fingerprint density at radius 3 is 2.62 bits per heavy atom. The Balaban J connectivity index is 1.46. The molecule has 1 amide bonds. The van der Waals surface area contributed by atoms with Gasteiger partial charge in [-0.1, -0.05) is 25.3 Å². The third-order valence-electron chi connectivity index (χ3n) is 4.47. The minimum Gasteiger partial charge on any atom is -0.326 e. The molecule has 0 unspecified atom stereocenters. The molecule has 0 radical (unpaired) electrons. The summed E-state index contributed by atoms with van der Waals surface area (Å²) < 4.78 is 0. The molecule has 0 atom stereocenters. The molecule has 1 N–H and O–H groups in total. The van der Waals surface area contributed by atoms with E-state index < -0.39 is 0 Å². The lowest BCUT2D eigenvalue weighted by Gasteiger charge is -2.20. The Labute approximate surface area is 148 Å². The van der Waals surface area contributed by atoms with Crippen LogP contribution in [0.2, 0.25) is 0 Å². The van der Waals surface area contributed by atoms with Crippen molar-refractivity contribution >= 4 is 23.4 Å². The molecule has 0 saturated heterocycles. The van der Waals surface area contributed by atoms with E-state index in [1.807, 2.05) is 24.4 Å². The number of anilines is 1. The average molecular weight is 340 g/mol. The van der Waals surface area contributed by atoms with Crippen LogP contribution in [0, 0.1) is 5.92 Å². The van der Waals surface area contributed by atoms with Crippen molar-refractivity contribution in [2.24, 2.45) is 5.92 Å². The van der Waals surface area contributed by atoms with Gasteiger partial charge in [0.2, 0.25) is 5.91 Å². The van der Waals surface area contributed by atoms with Crippen LogP contribution in [0.3, 0.4) is 0 Å². The molecule has 3 nitrogen and oxygen atoms in total. The molecule has 1 aromatic carbocycles. The minimum atomic E-state index is 0.151. The summed E-state index contributed by atoms with van der Waals surface area (Å²) >= 11 is 1.78. The van der Waals surface area contributed by atoms with E-state index in [9.17, 15) is 4.79 Å². The topological polar surface area (TPSA) is 42.0 Å². The lowest BCUT2D eigenvalue weighted by atomic mass is 9.87. The van der Waals surface area contributed by atoms with Crippen LogP contribution in [0.4, 0.5) is 5.69 Å². The number of hydrogen-bond acceptors (Lipinski definition) is 3.